The van der Waals surface area contributed by atoms with Gasteiger partial charge in [0.15, 0.2) is 23.1 Å². The van der Waals surface area contributed by atoms with Crippen molar-refractivity contribution in [3.63, 3.8) is 0 Å². The fourth-order valence-corrected chi connectivity index (χ4v) is 3.64. The summed E-state index contributed by atoms with van der Waals surface area (Å²) in [5.41, 5.74) is -0.0472. The summed E-state index contributed by atoms with van der Waals surface area (Å²) < 4.78 is 0. The van der Waals surface area contributed by atoms with Crippen molar-refractivity contribution in [2.45, 2.75) is 6.92 Å². The van der Waals surface area contributed by atoms with Gasteiger partial charge in [-0.2, -0.15) is 0 Å². The van der Waals surface area contributed by atoms with Crippen molar-refractivity contribution in [1.82, 2.24) is 0 Å². The highest BCUT2D eigenvalue weighted by molar-refractivity contribution is 6.29. The summed E-state index contributed by atoms with van der Waals surface area (Å²) in [5.74, 6) is -3.62. The smallest absolute Gasteiger partial charge is 0.194 e. The number of ketones is 4. The largest absolute Gasteiger partial charge is 0.507 e. The highest BCUT2D eigenvalue weighted by Gasteiger charge is 2.37. The van der Waals surface area contributed by atoms with Crippen LogP contribution < -0.4 is 0 Å². The molecule has 0 unspecified atom stereocenters. The number of benzene rings is 2. The molecule has 0 aromatic heterocycles. The van der Waals surface area contributed by atoms with Crippen LogP contribution in [0.15, 0.2) is 59.7 Å². The second kappa shape index (κ2) is 6.13. The van der Waals surface area contributed by atoms with Gasteiger partial charge in [0, 0.05) is 28.2 Å². The van der Waals surface area contributed by atoms with Gasteiger partial charge in [0.05, 0.1) is 11.1 Å². The molecule has 0 spiro atoms. The first-order chi connectivity index (χ1) is 13.3. The lowest BCUT2D eigenvalue weighted by molar-refractivity contribution is 0.0958. The molecule has 0 aliphatic heterocycles. The van der Waals surface area contributed by atoms with Gasteiger partial charge in [-0.3, -0.25) is 19.2 Å². The third-order valence-electron chi connectivity index (χ3n) is 5.10. The summed E-state index contributed by atoms with van der Waals surface area (Å²) in [6, 6.07) is 8.42. The number of carbonyl (C=O) groups excluding carboxylic acids is 4. The summed E-state index contributed by atoms with van der Waals surface area (Å²) in [5, 5.41) is 20.1. The summed E-state index contributed by atoms with van der Waals surface area (Å²) >= 11 is 0. The Labute approximate surface area is 159 Å². The Kier molecular flexibility index (Phi) is 3.85. The molecule has 4 rings (SSSR count). The molecular formula is C22H14O6. The average molecular weight is 374 g/mol. The molecule has 0 amide bonds. The van der Waals surface area contributed by atoms with Crippen LogP contribution in [0.4, 0.5) is 0 Å². The number of hydrogen-bond donors (Lipinski definition) is 2. The SMILES string of the molecule is CC(C1=CC(=O)c2cccc(O)c2C1=O)C1=CC(=O)c2cccc(O)c2C1=O. The van der Waals surface area contributed by atoms with Crippen LogP contribution in [-0.4, -0.2) is 33.3 Å². The van der Waals surface area contributed by atoms with Gasteiger partial charge in [0.2, 0.25) is 0 Å². The molecule has 2 aromatic carbocycles. The Morgan fingerprint density at radius 1 is 0.679 bits per heavy atom. The molecule has 0 heterocycles. The number of rotatable bonds is 2. The fraction of sp³-hybridized carbons (Fsp3) is 0.0909. The second-order valence-corrected chi connectivity index (χ2v) is 6.71. The Balaban J connectivity index is 1.80. The Bertz CT molecular complexity index is 1070. The van der Waals surface area contributed by atoms with Crippen LogP contribution in [0, 0.1) is 5.92 Å². The van der Waals surface area contributed by atoms with Crippen molar-refractivity contribution in [1.29, 1.82) is 0 Å². The molecule has 2 aromatic rings. The molecule has 138 valence electrons. The summed E-state index contributed by atoms with van der Waals surface area (Å²) in [4.78, 5) is 50.7. The number of aromatic hydroxyl groups is 2. The number of phenolic OH excluding ortho intramolecular Hbond substituents is 2. The zero-order chi connectivity index (χ0) is 20.2. The standard InChI is InChI=1S/C22H14O6/c1-10(13-8-17(25)11-4-2-6-15(23)19(11)21(13)27)14-9-18(26)12-5-3-7-16(24)20(12)22(14)28/h2-10,23-24H,1H3. The third-order valence-corrected chi connectivity index (χ3v) is 5.10. The van der Waals surface area contributed by atoms with Gasteiger partial charge in [-0.25, -0.2) is 0 Å². The molecule has 0 saturated carbocycles. The van der Waals surface area contributed by atoms with Crippen molar-refractivity contribution in [3.05, 3.63) is 82.0 Å². The van der Waals surface area contributed by atoms with Gasteiger partial charge in [0.1, 0.15) is 11.5 Å². The van der Waals surface area contributed by atoms with E-state index >= 15 is 0 Å². The van der Waals surface area contributed by atoms with Crippen LogP contribution in [-0.2, 0) is 0 Å². The maximum absolute atomic E-state index is 12.9. The summed E-state index contributed by atoms with van der Waals surface area (Å²) in [7, 11) is 0. The molecule has 0 radical (unpaired) electrons. The Morgan fingerprint density at radius 3 is 1.46 bits per heavy atom. The number of hydrogen-bond acceptors (Lipinski definition) is 6. The first-order valence-corrected chi connectivity index (χ1v) is 8.56. The second-order valence-electron chi connectivity index (χ2n) is 6.71. The van der Waals surface area contributed by atoms with Crippen molar-refractivity contribution < 1.29 is 29.4 Å². The van der Waals surface area contributed by atoms with Crippen molar-refractivity contribution in [3.8, 4) is 11.5 Å². The van der Waals surface area contributed by atoms with Gasteiger partial charge in [0.25, 0.3) is 0 Å². The number of fused-ring (bicyclic) bond motifs is 2. The molecule has 2 aliphatic rings. The molecule has 6 nitrogen and oxygen atoms in total. The molecule has 0 fully saturated rings. The minimum atomic E-state index is -0.881. The van der Waals surface area contributed by atoms with Crippen LogP contribution >= 0.6 is 0 Å². The Hall–Kier alpha value is -3.80. The predicted molar refractivity (Wildman–Crippen MR) is 98.9 cm³/mol. The normalized spacial score (nSPS) is 15.9. The maximum atomic E-state index is 12.9. The van der Waals surface area contributed by atoms with E-state index in [2.05, 4.69) is 0 Å². The van der Waals surface area contributed by atoms with Crippen LogP contribution in [0.5, 0.6) is 11.5 Å². The zero-order valence-corrected chi connectivity index (χ0v) is 14.7. The lowest BCUT2D eigenvalue weighted by Gasteiger charge is -2.24. The number of allylic oxidation sites excluding steroid dienone is 4. The van der Waals surface area contributed by atoms with E-state index in [9.17, 15) is 29.4 Å². The number of carbonyl (C=O) groups is 4. The third kappa shape index (κ3) is 2.42. The van der Waals surface area contributed by atoms with E-state index in [-0.39, 0.29) is 44.9 Å². The quantitative estimate of drug-likeness (QED) is 0.836. The first-order valence-electron chi connectivity index (χ1n) is 8.56. The number of Topliss-reactive ketones (excluding diaryl/α,β-unsaturated/α-hetero) is 2. The maximum Gasteiger partial charge on any atom is 0.194 e. The van der Waals surface area contributed by atoms with E-state index in [0.717, 1.165) is 12.2 Å². The minimum absolute atomic E-state index is 0.00488. The van der Waals surface area contributed by atoms with E-state index in [4.69, 9.17) is 0 Å². The molecular weight excluding hydrogens is 360 g/mol. The lowest BCUT2D eigenvalue weighted by atomic mass is 9.76. The molecule has 0 atom stereocenters. The highest BCUT2D eigenvalue weighted by atomic mass is 16.3. The molecule has 2 N–H and O–H groups in total. The molecule has 28 heavy (non-hydrogen) atoms. The van der Waals surface area contributed by atoms with Gasteiger partial charge < -0.3 is 10.2 Å². The van der Waals surface area contributed by atoms with Crippen LogP contribution in [0.25, 0.3) is 0 Å². The van der Waals surface area contributed by atoms with Crippen LogP contribution in [0.1, 0.15) is 48.4 Å². The van der Waals surface area contributed by atoms with Gasteiger partial charge >= 0.3 is 0 Å². The van der Waals surface area contributed by atoms with E-state index in [1.54, 1.807) is 0 Å². The van der Waals surface area contributed by atoms with Crippen LogP contribution in [0.2, 0.25) is 0 Å². The lowest BCUT2D eigenvalue weighted by Crippen LogP contribution is -2.27. The summed E-state index contributed by atoms with van der Waals surface area (Å²) in [6.45, 7) is 1.53. The summed E-state index contributed by atoms with van der Waals surface area (Å²) in [6.07, 6.45) is 2.27. The molecule has 0 saturated heterocycles. The minimum Gasteiger partial charge on any atom is -0.507 e. The molecule has 2 aliphatic carbocycles. The van der Waals surface area contributed by atoms with Crippen molar-refractivity contribution >= 4 is 23.1 Å². The first kappa shape index (κ1) is 17.6. The Morgan fingerprint density at radius 2 is 1.07 bits per heavy atom. The van der Waals surface area contributed by atoms with Gasteiger partial charge in [-0.15, -0.1) is 0 Å². The van der Waals surface area contributed by atoms with Gasteiger partial charge in [-0.1, -0.05) is 31.2 Å². The van der Waals surface area contributed by atoms with Crippen LogP contribution in [0.3, 0.4) is 0 Å². The van der Waals surface area contributed by atoms with Crippen molar-refractivity contribution in [2.24, 2.45) is 5.92 Å². The van der Waals surface area contributed by atoms with E-state index in [0.29, 0.717) is 0 Å². The number of phenols is 2. The fourth-order valence-electron chi connectivity index (χ4n) is 3.64. The molecule has 0 bridgehead atoms. The van der Waals surface area contributed by atoms with E-state index < -0.39 is 29.1 Å². The van der Waals surface area contributed by atoms with E-state index in [1.165, 1.54) is 43.3 Å². The molecule has 6 heteroatoms. The van der Waals surface area contributed by atoms with Gasteiger partial charge in [-0.05, 0) is 24.3 Å². The average Bonchev–Trinajstić information content (AvgIpc) is 2.66. The highest BCUT2D eigenvalue weighted by Crippen LogP contribution is 2.37. The van der Waals surface area contributed by atoms with Crippen molar-refractivity contribution in [2.75, 3.05) is 0 Å². The topological polar surface area (TPSA) is 109 Å². The predicted octanol–water partition coefficient (Wildman–Crippen LogP) is 3.04. The monoisotopic (exact) mass is 374 g/mol. The van der Waals surface area contributed by atoms with E-state index in [1.807, 2.05) is 0 Å². The zero-order valence-electron chi connectivity index (χ0n) is 14.7.